The van der Waals surface area contributed by atoms with Crippen molar-refractivity contribution in [3.63, 3.8) is 0 Å². The Labute approximate surface area is 350 Å². The number of nitrogens with zero attached hydrogens (tertiary/aromatic N) is 2. The SMILES string of the molecule is CC(=N)NCCCCC(=O)Nc1cc(C(F)(F)F)cc(NC(=O)c2cc(C(=O)Nc3cc(C(F)(F)F)cc(NC(=O)CCCCNC(=N)N)c3OCCN)ncn2)c1OCCN. The van der Waals surface area contributed by atoms with E-state index in [9.17, 15) is 45.5 Å². The Morgan fingerprint density at radius 2 is 1.02 bits per heavy atom. The molecule has 0 bridgehead atoms. The van der Waals surface area contributed by atoms with Crippen LogP contribution in [0, 0.1) is 10.8 Å². The highest BCUT2D eigenvalue weighted by molar-refractivity contribution is 6.09. The van der Waals surface area contributed by atoms with Crippen LogP contribution in [-0.4, -0.2) is 84.8 Å². The summed E-state index contributed by atoms with van der Waals surface area (Å²) in [6.07, 6.45) is -8.06. The summed E-state index contributed by atoms with van der Waals surface area (Å²) in [5, 5.41) is 29.1. The van der Waals surface area contributed by atoms with Crippen molar-refractivity contribution in [1.82, 2.24) is 20.6 Å². The van der Waals surface area contributed by atoms with E-state index in [2.05, 4.69) is 41.9 Å². The molecule has 3 aromatic rings. The van der Waals surface area contributed by atoms with E-state index in [0.29, 0.717) is 50.1 Å². The molecule has 19 nitrogen and oxygen atoms in total. The second kappa shape index (κ2) is 23.3. The fourth-order valence-electron chi connectivity index (χ4n) is 5.31. The molecule has 1 heterocycles. The van der Waals surface area contributed by atoms with Crippen LogP contribution in [0.3, 0.4) is 0 Å². The number of carbonyl (C=O) groups is 4. The van der Waals surface area contributed by atoms with Crippen LogP contribution in [0.4, 0.5) is 49.1 Å². The van der Waals surface area contributed by atoms with Crippen molar-refractivity contribution in [2.45, 2.75) is 57.8 Å². The zero-order valence-corrected chi connectivity index (χ0v) is 33.3. The fraction of sp³-hybridized carbons (Fsp3) is 0.405. The number of benzene rings is 2. The Hall–Kier alpha value is -6.76. The van der Waals surface area contributed by atoms with Gasteiger partial charge in [0.1, 0.15) is 30.9 Å². The summed E-state index contributed by atoms with van der Waals surface area (Å²) in [4.78, 5) is 60.2. The number of carbonyl (C=O) groups excluding carboxylic acids is 4. The molecule has 3 rings (SSSR count). The molecule has 4 amide bonds. The van der Waals surface area contributed by atoms with E-state index >= 15 is 0 Å². The number of rotatable bonds is 22. The van der Waals surface area contributed by atoms with Gasteiger partial charge in [-0.1, -0.05) is 0 Å². The van der Waals surface area contributed by atoms with Gasteiger partial charge >= 0.3 is 12.4 Å². The Morgan fingerprint density at radius 1 is 0.629 bits per heavy atom. The standard InChI is InChI=1S/C37H47F6N13O6/c1-20(46)49-10-4-2-6-29(57)53-23-14-21(36(38,39)40)16-25(31(23)61-12-8-44)55-33(59)27-18-28(52-19-51-27)34(60)56-26-17-22(37(41,42)43)15-24(32(26)62-13-9-45)54-30(58)7-3-5-11-50-35(47)48/h14-19H,2-13,44-45H2,1H3,(H2,46,49)(H,53,57)(H,54,58)(H,55,59)(H,56,60)(H4,47,48,50). The van der Waals surface area contributed by atoms with Crippen LogP contribution in [0.25, 0.3) is 0 Å². The lowest BCUT2D eigenvalue weighted by molar-refractivity contribution is -0.138. The molecule has 0 spiro atoms. The zero-order chi connectivity index (χ0) is 46.0. The lowest BCUT2D eigenvalue weighted by Gasteiger charge is -2.20. The number of amides is 4. The first-order valence-corrected chi connectivity index (χ1v) is 18.8. The number of halogens is 6. The molecule has 0 aliphatic heterocycles. The van der Waals surface area contributed by atoms with Gasteiger partial charge in [0.15, 0.2) is 17.5 Å². The summed E-state index contributed by atoms with van der Waals surface area (Å²) in [5.41, 5.74) is 10.5. The number of aromatic nitrogens is 2. The van der Waals surface area contributed by atoms with E-state index in [1.165, 1.54) is 6.92 Å². The number of alkyl halides is 6. The smallest absolute Gasteiger partial charge is 0.416 e. The van der Waals surface area contributed by atoms with E-state index < -0.39 is 87.0 Å². The number of hydrogen-bond acceptors (Lipinski definition) is 12. The molecule has 2 aromatic carbocycles. The predicted molar refractivity (Wildman–Crippen MR) is 216 cm³/mol. The largest absolute Gasteiger partial charge is 0.488 e. The molecule has 0 atom stereocenters. The third-order valence-corrected chi connectivity index (χ3v) is 8.10. The van der Waals surface area contributed by atoms with Crippen molar-refractivity contribution >= 4 is 58.2 Å². The summed E-state index contributed by atoms with van der Waals surface area (Å²) >= 11 is 0. The number of amidine groups is 1. The molecule has 62 heavy (non-hydrogen) atoms. The van der Waals surface area contributed by atoms with Gasteiger partial charge in [-0.15, -0.1) is 0 Å². The quantitative estimate of drug-likeness (QED) is 0.0295. The topological polar surface area (TPSA) is 310 Å². The molecule has 25 heteroatoms. The summed E-state index contributed by atoms with van der Waals surface area (Å²) in [5.74, 6) is -4.64. The van der Waals surface area contributed by atoms with E-state index in [-0.39, 0.29) is 69.7 Å². The van der Waals surface area contributed by atoms with Crippen LogP contribution in [0.1, 0.15) is 77.6 Å². The zero-order valence-electron chi connectivity index (χ0n) is 33.3. The monoisotopic (exact) mass is 883 g/mol. The molecule has 0 aliphatic rings. The molecule has 0 unspecified atom stereocenters. The van der Waals surface area contributed by atoms with Crippen molar-refractivity contribution in [2.75, 3.05) is 60.7 Å². The van der Waals surface area contributed by atoms with Crippen LogP contribution in [-0.2, 0) is 21.9 Å². The van der Waals surface area contributed by atoms with Gasteiger partial charge in [0.25, 0.3) is 11.8 Å². The van der Waals surface area contributed by atoms with Crippen LogP contribution >= 0.6 is 0 Å². The molecular weight excluding hydrogens is 836 g/mol. The third-order valence-electron chi connectivity index (χ3n) is 8.10. The molecule has 0 radical (unpaired) electrons. The molecule has 0 saturated carbocycles. The van der Waals surface area contributed by atoms with Crippen LogP contribution in [0.15, 0.2) is 36.7 Å². The highest BCUT2D eigenvalue weighted by Crippen LogP contribution is 2.42. The van der Waals surface area contributed by atoms with E-state index in [4.69, 9.17) is 37.5 Å². The minimum Gasteiger partial charge on any atom is -0.488 e. The van der Waals surface area contributed by atoms with Gasteiger partial charge in [-0.2, -0.15) is 26.3 Å². The maximum atomic E-state index is 14.1. The first kappa shape index (κ1) is 49.6. The Balaban J connectivity index is 1.94. The van der Waals surface area contributed by atoms with Gasteiger partial charge < -0.3 is 58.6 Å². The summed E-state index contributed by atoms with van der Waals surface area (Å²) in [6, 6.07) is 3.08. The molecule has 0 aliphatic carbocycles. The molecule has 338 valence electrons. The minimum absolute atomic E-state index is 0.113. The highest BCUT2D eigenvalue weighted by atomic mass is 19.4. The molecule has 0 fully saturated rings. The number of anilines is 4. The van der Waals surface area contributed by atoms with Gasteiger partial charge in [0.2, 0.25) is 11.8 Å². The van der Waals surface area contributed by atoms with Crippen molar-refractivity contribution in [2.24, 2.45) is 17.2 Å². The first-order valence-electron chi connectivity index (χ1n) is 18.8. The molecule has 0 saturated heterocycles. The van der Waals surface area contributed by atoms with E-state index in [0.717, 1.165) is 12.4 Å². The summed E-state index contributed by atoms with van der Waals surface area (Å²) in [7, 11) is 0. The van der Waals surface area contributed by atoms with Crippen LogP contribution in [0.2, 0.25) is 0 Å². The molecule has 14 N–H and O–H groups in total. The molecular formula is C37H47F6N13O6. The van der Waals surface area contributed by atoms with E-state index in [1.54, 1.807) is 0 Å². The Kier molecular flexibility index (Phi) is 18.6. The number of hydrogen-bond donors (Lipinski definition) is 11. The second-order valence-electron chi connectivity index (χ2n) is 13.2. The van der Waals surface area contributed by atoms with Crippen molar-refractivity contribution in [3.05, 3.63) is 59.2 Å². The Morgan fingerprint density at radius 3 is 1.37 bits per heavy atom. The Bertz CT molecular complexity index is 1940. The first-order chi connectivity index (χ1) is 29.2. The van der Waals surface area contributed by atoms with Gasteiger partial charge in [0, 0.05) is 45.1 Å². The lowest BCUT2D eigenvalue weighted by Crippen LogP contribution is -2.31. The minimum atomic E-state index is -4.98. The average molecular weight is 884 g/mol. The van der Waals surface area contributed by atoms with Crippen molar-refractivity contribution in [3.8, 4) is 11.5 Å². The summed E-state index contributed by atoms with van der Waals surface area (Å²) < 4.78 is 95.7. The maximum absolute atomic E-state index is 14.1. The molecule has 1 aromatic heterocycles. The van der Waals surface area contributed by atoms with E-state index in [1.807, 2.05) is 0 Å². The summed E-state index contributed by atoms with van der Waals surface area (Å²) in [6.45, 7) is 1.41. The van der Waals surface area contributed by atoms with Gasteiger partial charge in [-0.05, 0) is 56.9 Å². The third kappa shape index (κ3) is 16.0. The van der Waals surface area contributed by atoms with Gasteiger partial charge in [0.05, 0.1) is 39.7 Å². The van der Waals surface area contributed by atoms with Crippen molar-refractivity contribution < 1.29 is 55.0 Å². The van der Waals surface area contributed by atoms with Crippen LogP contribution in [0.5, 0.6) is 11.5 Å². The maximum Gasteiger partial charge on any atom is 0.416 e. The van der Waals surface area contributed by atoms with Gasteiger partial charge in [-0.3, -0.25) is 30.0 Å². The predicted octanol–water partition coefficient (Wildman–Crippen LogP) is 3.98. The second-order valence-corrected chi connectivity index (χ2v) is 13.2. The normalized spacial score (nSPS) is 11.2. The number of nitrogens with one attached hydrogen (secondary N) is 8. The number of ether oxygens (including phenoxy) is 2. The average Bonchev–Trinajstić information content (AvgIpc) is 3.18. The number of unbranched alkanes of at least 4 members (excludes halogenated alkanes) is 2. The highest BCUT2D eigenvalue weighted by Gasteiger charge is 2.35. The number of guanidine groups is 1. The van der Waals surface area contributed by atoms with Crippen LogP contribution < -0.4 is 58.6 Å². The fourth-order valence-corrected chi connectivity index (χ4v) is 5.31. The van der Waals surface area contributed by atoms with Crippen molar-refractivity contribution in [1.29, 1.82) is 10.8 Å². The lowest BCUT2D eigenvalue weighted by atomic mass is 10.1. The van der Waals surface area contributed by atoms with Gasteiger partial charge in [-0.25, -0.2) is 9.97 Å². The number of nitrogens with two attached hydrogens (primary N) is 3.